The average molecular weight is 200 g/mol. The van der Waals surface area contributed by atoms with E-state index in [1.807, 2.05) is 0 Å². The van der Waals surface area contributed by atoms with Gasteiger partial charge < -0.3 is 16.2 Å². The van der Waals surface area contributed by atoms with Crippen molar-refractivity contribution in [1.29, 1.82) is 0 Å². The molecule has 0 fully saturated rings. The van der Waals surface area contributed by atoms with Crippen LogP contribution in [0.2, 0.25) is 0 Å². The van der Waals surface area contributed by atoms with Gasteiger partial charge in [0, 0.05) is 6.54 Å². The molecule has 0 heterocycles. The van der Waals surface area contributed by atoms with Crippen LogP contribution in [0.1, 0.15) is 19.3 Å². The number of carbonyl (C=O) groups is 2. The minimum Gasteiger partial charge on any atom is -0.480 e. The van der Waals surface area contributed by atoms with Gasteiger partial charge in [-0.25, -0.2) is 0 Å². The Morgan fingerprint density at radius 2 is 2.14 bits per heavy atom. The maximum absolute atomic E-state index is 10.7. The molecule has 14 heavy (non-hydrogen) atoms. The minimum absolute atomic E-state index is 0.215. The van der Waals surface area contributed by atoms with Crippen LogP contribution in [0.3, 0.4) is 0 Å². The molecule has 0 aromatic carbocycles. The van der Waals surface area contributed by atoms with Gasteiger partial charge in [0.15, 0.2) is 0 Å². The first kappa shape index (κ1) is 12.6. The van der Waals surface area contributed by atoms with Crippen LogP contribution >= 0.6 is 0 Å². The Morgan fingerprint density at radius 1 is 1.50 bits per heavy atom. The van der Waals surface area contributed by atoms with Crippen molar-refractivity contribution in [2.45, 2.75) is 25.3 Å². The predicted octanol–water partition coefficient (Wildman–Crippen LogP) is -0.129. The summed E-state index contributed by atoms with van der Waals surface area (Å²) in [4.78, 5) is 21.0. The molecule has 1 amide bonds. The number of rotatable bonds is 7. The van der Waals surface area contributed by atoms with E-state index in [0.29, 0.717) is 19.4 Å². The lowest BCUT2D eigenvalue weighted by Crippen LogP contribution is -2.30. The number of unbranched alkanes of at least 4 members (excludes halogenated alkanes) is 1. The zero-order chi connectivity index (χ0) is 11.0. The summed E-state index contributed by atoms with van der Waals surface area (Å²) in [5, 5.41) is 11.0. The molecule has 4 N–H and O–H groups in total. The first-order valence-corrected chi connectivity index (χ1v) is 4.46. The first-order chi connectivity index (χ1) is 6.57. The van der Waals surface area contributed by atoms with Crippen molar-refractivity contribution in [3.63, 3.8) is 0 Å². The summed E-state index contributed by atoms with van der Waals surface area (Å²) >= 11 is 0. The molecule has 0 saturated carbocycles. The van der Waals surface area contributed by atoms with Crippen molar-refractivity contribution < 1.29 is 14.7 Å². The number of aliphatic carboxylic acids is 1. The van der Waals surface area contributed by atoms with E-state index in [1.165, 1.54) is 6.08 Å². The molecule has 0 bridgehead atoms. The van der Waals surface area contributed by atoms with Crippen LogP contribution < -0.4 is 11.1 Å². The SMILES string of the molecule is C=CC(=O)NCCCC[C@H](N)C(=O)O. The van der Waals surface area contributed by atoms with Crippen molar-refractivity contribution in [3.05, 3.63) is 12.7 Å². The summed E-state index contributed by atoms with van der Waals surface area (Å²) in [7, 11) is 0. The Labute approximate surface area is 83.0 Å². The number of nitrogens with two attached hydrogens (primary N) is 1. The second kappa shape index (κ2) is 7.08. The lowest BCUT2D eigenvalue weighted by Gasteiger charge is -2.05. The van der Waals surface area contributed by atoms with Crippen LogP contribution in [0.5, 0.6) is 0 Å². The van der Waals surface area contributed by atoms with E-state index in [9.17, 15) is 9.59 Å². The molecule has 0 aliphatic rings. The topological polar surface area (TPSA) is 92.4 Å². The highest BCUT2D eigenvalue weighted by Gasteiger charge is 2.09. The van der Waals surface area contributed by atoms with E-state index in [1.54, 1.807) is 0 Å². The standard InChI is InChI=1S/C9H16N2O3/c1-2-8(12)11-6-4-3-5-7(10)9(13)14/h2,7H,1,3-6,10H2,(H,11,12)(H,13,14)/t7-/m0/s1. The van der Waals surface area contributed by atoms with Crippen molar-refractivity contribution in [2.75, 3.05) is 6.54 Å². The first-order valence-electron chi connectivity index (χ1n) is 4.46. The zero-order valence-electron chi connectivity index (χ0n) is 8.03. The fourth-order valence-corrected chi connectivity index (χ4v) is 0.896. The van der Waals surface area contributed by atoms with E-state index in [0.717, 1.165) is 6.42 Å². The number of carbonyl (C=O) groups excluding carboxylic acids is 1. The highest BCUT2D eigenvalue weighted by atomic mass is 16.4. The van der Waals surface area contributed by atoms with Gasteiger partial charge >= 0.3 is 5.97 Å². The third-order valence-corrected chi connectivity index (χ3v) is 1.74. The lowest BCUT2D eigenvalue weighted by atomic mass is 10.1. The molecule has 0 rings (SSSR count). The molecular formula is C9H16N2O3. The molecule has 80 valence electrons. The van der Waals surface area contributed by atoms with Crippen molar-refractivity contribution in [3.8, 4) is 0 Å². The molecule has 0 aromatic rings. The number of hydrogen-bond donors (Lipinski definition) is 3. The number of amides is 1. The number of carboxylic acids is 1. The molecule has 0 aliphatic heterocycles. The van der Waals surface area contributed by atoms with Gasteiger partial charge in [-0.15, -0.1) is 0 Å². The summed E-state index contributed by atoms with van der Waals surface area (Å²) in [6, 6.07) is -0.801. The second-order valence-electron chi connectivity index (χ2n) is 2.94. The third-order valence-electron chi connectivity index (χ3n) is 1.74. The lowest BCUT2D eigenvalue weighted by molar-refractivity contribution is -0.138. The van der Waals surface area contributed by atoms with Crippen LogP contribution in [-0.4, -0.2) is 29.6 Å². The van der Waals surface area contributed by atoms with E-state index < -0.39 is 12.0 Å². The molecule has 0 aliphatic carbocycles. The average Bonchev–Trinajstić information content (AvgIpc) is 2.16. The van der Waals surface area contributed by atoms with Crippen LogP contribution in [0.15, 0.2) is 12.7 Å². The van der Waals surface area contributed by atoms with Gasteiger partial charge in [-0.2, -0.15) is 0 Å². The van der Waals surface area contributed by atoms with Crippen LogP contribution in [0.4, 0.5) is 0 Å². The highest BCUT2D eigenvalue weighted by molar-refractivity contribution is 5.86. The van der Waals surface area contributed by atoms with Crippen LogP contribution in [0.25, 0.3) is 0 Å². The Hall–Kier alpha value is -1.36. The molecule has 0 aromatic heterocycles. The molecule has 0 saturated heterocycles. The smallest absolute Gasteiger partial charge is 0.320 e. The molecule has 5 heteroatoms. The minimum atomic E-state index is -0.986. The molecule has 0 unspecified atom stereocenters. The van der Waals surface area contributed by atoms with Gasteiger partial charge in [-0.1, -0.05) is 6.58 Å². The van der Waals surface area contributed by atoms with Gasteiger partial charge in [-0.3, -0.25) is 9.59 Å². The fourth-order valence-electron chi connectivity index (χ4n) is 0.896. The Kier molecular flexibility index (Phi) is 6.39. The maximum atomic E-state index is 10.7. The summed E-state index contributed by atoms with van der Waals surface area (Å²) in [6.07, 6.45) is 3.04. The van der Waals surface area contributed by atoms with Crippen molar-refractivity contribution in [2.24, 2.45) is 5.73 Å². The fraction of sp³-hybridized carbons (Fsp3) is 0.556. The number of nitrogens with one attached hydrogen (secondary N) is 1. The Morgan fingerprint density at radius 3 is 2.64 bits per heavy atom. The van der Waals surface area contributed by atoms with Gasteiger partial charge in [0.25, 0.3) is 0 Å². The monoisotopic (exact) mass is 200 g/mol. The quantitative estimate of drug-likeness (QED) is 0.394. The molecular weight excluding hydrogens is 184 g/mol. The molecule has 5 nitrogen and oxygen atoms in total. The van der Waals surface area contributed by atoms with E-state index in [-0.39, 0.29) is 5.91 Å². The van der Waals surface area contributed by atoms with Gasteiger partial charge in [0.2, 0.25) is 5.91 Å². The van der Waals surface area contributed by atoms with E-state index in [4.69, 9.17) is 10.8 Å². The van der Waals surface area contributed by atoms with Gasteiger partial charge in [0.05, 0.1) is 0 Å². The third kappa shape index (κ3) is 6.19. The maximum Gasteiger partial charge on any atom is 0.320 e. The normalized spacial score (nSPS) is 11.8. The van der Waals surface area contributed by atoms with Crippen molar-refractivity contribution >= 4 is 11.9 Å². The Bertz CT molecular complexity index is 216. The zero-order valence-corrected chi connectivity index (χ0v) is 8.03. The van der Waals surface area contributed by atoms with Crippen LogP contribution in [0, 0.1) is 0 Å². The number of hydrogen-bond acceptors (Lipinski definition) is 3. The predicted molar refractivity (Wildman–Crippen MR) is 52.7 cm³/mol. The molecule has 0 radical (unpaired) electrons. The largest absolute Gasteiger partial charge is 0.480 e. The van der Waals surface area contributed by atoms with E-state index >= 15 is 0 Å². The van der Waals surface area contributed by atoms with Crippen LogP contribution in [-0.2, 0) is 9.59 Å². The summed E-state index contributed by atoms with van der Waals surface area (Å²) in [5.74, 6) is -1.20. The summed E-state index contributed by atoms with van der Waals surface area (Å²) in [5.41, 5.74) is 5.28. The summed E-state index contributed by atoms with van der Waals surface area (Å²) in [6.45, 7) is 3.83. The van der Waals surface area contributed by atoms with E-state index in [2.05, 4.69) is 11.9 Å². The highest BCUT2D eigenvalue weighted by Crippen LogP contribution is 1.97. The van der Waals surface area contributed by atoms with Gasteiger partial charge in [0.1, 0.15) is 6.04 Å². The second-order valence-corrected chi connectivity index (χ2v) is 2.94. The molecule has 0 spiro atoms. The summed E-state index contributed by atoms with van der Waals surface area (Å²) < 4.78 is 0. The number of carboxylic acid groups (broad SMARTS) is 1. The van der Waals surface area contributed by atoms with Crippen molar-refractivity contribution in [1.82, 2.24) is 5.32 Å². The Balaban J connectivity index is 3.34. The molecule has 1 atom stereocenters. The van der Waals surface area contributed by atoms with Gasteiger partial charge in [-0.05, 0) is 25.3 Å².